The van der Waals surface area contributed by atoms with E-state index in [9.17, 15) is 17.6 Å². The fraction of sp³-hybridized carbons (Fsp3) is 1.00. The normalized spacial score (nSPS) is 7.71. The summed E-state index contributed by atoms with van der Waals surface area (Å²) in [6.45, 7) is -2.46. The Kier molecular flexibility index (Phi) is 13.0. The smallest absolute Gasteiger partial charge is 0.251 e. The van der Waals surface area contributed by atoms with Crippen LogP contribution >= 0.6 is 0 Å². The van der Waals surface area contributed by atoms with Gasteiger partial charge in [-0.3, -0.25) is 4.39 Å². The van der Waals surface area contributed by atoms with E-state index in [0.29, 0.717) is 0 Å². The predicted molar refractivity (Wildman–Crippen MR) is 18.8 cm³/mol. The quantitative estimate of drug-likeness (QED) is 0.427. The molecule has 0 saturated carbocycles. The highest BCUT2D eigenvalue weighted by molar-refractivity contribution is 3.86. The van der Waals surface area contributed by atoms with Crippen molar-refractivity contribution >= 4 is 0 Å². The Hall–Kier alpha value is -0.280. The lowest BCUT2D eigenvalue weighted by Gasteiger charge is -1.65. The van der Waals surface area contributed by atoms with E-state index in [1.165, 1.54) is 6.92 Å². The minimum Gasteiger partial charge on any atom is -0.251 e. The second kappa shape index (κ2) is 9.21. The molecule has 0 saturated heterocycles. The molecule has 7 heavy (non-hydrogen) atoms. The van der Waals surface area contributed by atoms with Gasteiger partial charge in [-0.15, -0.1) is 0 Å². The molecule has 0 nitrogen and oxygen atoms in total. The third-order valence-corrected chi connectivity index (χ3v) is 0. The van der Waals surface area contributed by atoms with Crippen LogP contribution in [0.4, 0.5) is 17.6 Å². The Morgan fingerprint density at radius 2 is 1.29 bits per heavy atom. The maximum Gasteiger partial charge on any atom is 0.379 e. The van der Waals surface area contributed by atoms with Crippen molar-refractivity contribution in [3.63, 3.8) is 0 Å². The average molecular weight is 118 g/mol. The van der Waals surface area contributed by atoms with E-state index >= 15 is 0 Å². The van der Waals surface area contributed by atoms with Crippen LogP contribution in [-0.2, 0) is 0 Å². The maximum atomic E-state index is 10.3. The zero-order valence-electron chi connectivity index (χ0n) is 3.80. The lowest BCUT2D eigenvalue weighted by Crippen LogP contribution is -1.65. The van der Waals surface area contributed by atoms with Crippen LogP contribution < -0.4 is 0 Å². The van der Waals surface area contributed by atoms with Crippen LogP contribution in [0.2, 0.25) is 0 Å². The predicted octanol–water partition coefficient (Wildman–Crippen LogP) is 2.15. The van der Waals surface area contributed by atoms with Crippen LogP contribution in [0.25, 0.3) is 0 Å². The molecule has 0 bridgehead atoms. The van der Waals surface area contributed by atoms with Gasteiger partial charge in [-0.1, -0.05) is 0 Å². The molecule has 0 aliphatic heterocycles. The van der Waals surface area contributed by atoms with Crippen LogP contribution in [0.5, 0.6) is 0 Å². The summed E-state index contributed by atoms with van der Waals surface area (Å²) in [5, 5.41) is 0. The molecule has 4 heteroatoms. The summed E-state index contributed by atoms with van der Waals surface area (Å²) in [6.07, 6.45) is 0. The van der Waals surface area contributed by atoms with Gasteiger partial charge in [0.15, 0.2) is 0 Å². The summed E-state index contributed by atoms with van der Waals surface area (Å²) in [4.78, 5) is 0. The lowest BCUT2D eigenvalue weighted by atomic mass is 10.9. The third kappa shape index (κ3) is 1010. The zero-order valence-corrected chi connectivity index (χ0v) is 3.80. The van der Waals surface area contributed by atoms with Gasteiger partial charge in [0.2, 0.25) is 0 Å². The first-order chi connectivity index (χ1) is 3.15. The van der Waals surface area contributed by atoms with Crippen LogP contribution in [0, 0.1) is 0 Å². The highest BCUT2D eigenvalue weighted by Gasteiger charge is 1.86. The van der Waals surface area contributed by atoms with Gasteiger partial charge in [0.25, 0.3) is 0 Å². The third-order valence-electron chi connectivity index (χ3n) is 0. The second-order valence-corrected chi connectivity index (χ2v) is 0.515. The van der Waals surface area contributed by atoms with E-state index in [0.717, 1.165) is 0 Å². The van der Waals surface area contributed by atoms with E-state index in [2.05, 4.69) is 0 Å². The van der Waals surface area contributed by atoms with Gasteiger partial charge in [0.05, 0.1) is 6.67 Å². The molecular formula is C3H6F4. The Morgan fingerprint density at radius 1 is 1.29 bits per heavy atom. The van der Waals surface area contributed by atoms with Crippen molar-refractivity contribution in [1.82, 2.24) is 0 Å². The molecule has 0 atom stereocenters. The van der Waals surface area contributed by atoms with E-state index in [-0.39, 0.29) is 6.67 Å². The molecular weight excluding hydrogens is 112 g/mol. The summed E-state index contributed by atoms with van der Waals surface area (Å²) in [5.41, 5.74) is 0. The van der Waals surface area contributed by atoms with Gasteiger partial charge >= 0.3 is 6.68 Å². The molecule has 0 fully saturated rings. The van der Waals surface area contributed by atoms with Gasteiger partial charge in [-0.2, -0.15) is 13.2 Å². The van der Waals surface area contributed by atoms with Crippen molar-refractivity contribution < 1.29 is 17.6 Å². The Labute approximate surface area is 39.1 Å². The van der Waals surface area contributed by atoms with Gasteiger partial charge < -0.3 is 0 Å². The van der Waals surface area contributed by atoms with Crippen molar-refractivity contribution in [2.75, 3.05) is 6.67 Å². The number of alkyl halides is 4. The molecule has 0 aromatic heterocycles. The molecule has 0 amide bonds. The van der Waals surface area contributed by atoms with E-state index in [1.54, 1.807) is 0 Å². The second-order valence-electron chi connectivity index (χ2n) is 0.515. The van der Waals surface area contributed by atoms with Crippen molar-refractivity contribution in [3.05, 3.63) is 0 Å². The van der Waals surface area contributed by atoms with Crippen LogP contribution in [0.1, 0.15) is 6.92 Å². The average Bonchev–Trinajstić information content (AvgIpc) is 1.33. The number of hydrogen-bond donors (Lipinski definition) is 0. The van der Waals surface area contributed by atoms with Crippen molar-refractivity contribution in [2.24, 2.45) is 0 Å². The molecule has 0 aliphatic rings. The van der Waals surface area contributed by atoms with Gasteiger partial charge in [-0.25, -0.2) is 0 Å². The van der Waals surface area contributed by atoms with E-state index in [1.807, 2.05) is 0 Å². The number of halogens is 4. The van der Waals surface area contributed by atoms with Crippen LogP contribution in [-0.4, -0.2) is 13.4 Å². The molecule has 0 aromatic rings. The summed E-state index contributed by atoms with van der Waals surface area (Å²) in [6, 6.07) is 0. The molecule has 0 heterocycles. The fourth-order valence-corrected chi connectivity index (χ4v) is 0. The van der Waals surface area contributed by atoms with E-state index < -0.39 is 6.68 Å². The number of rotatable bonds is 0. The lowest BCUT2D eigenvalue weighted by molar-refractivity contribution is 0.00819. The van der Waals surface area contributed by atoms with Gasteiger partial charge in [0.1, 0.15) is 0 Å². The van der Waals surface area contributed by atoms with Crippen LogP contribution in [0.15, 0.2) is 0 Å². The molecule has 0 radical (unpaired) electrons. The highest BCUT2D eigenvalue weighted by atomic mass is 19.4. The monoisotopic (exact) mass is 118 g/mol. The number of hydrogen-bond acceptors (Lipinski definition) is 0. The van der Waals surface area contributed by atoms with Crippen molar-refractivity contribution in [3.8, 4) is 0 Å². The Bertz CT molecular complexity index is 18.1. The first-order valence-electron chi connectivity index (χ1n) is 1.63. The summed E-state index contributed by atoms with van der Waals surface area (Å²) in [5.74, 6) is 0. The van der Waals surface area contributed by atoms with E-state index in [4.69, 9.17) is 0 Å². The highest BCUT2D eigenvalue weighted by Crippen LogP contribution is 1.87. The van der Waals surface area contributed by atoms with Gasteiger partial charge in [-0.05, 0) is 6.92 Å². The summed E-state index contributed by atoms with van der Waals surface area (Å²) < 4.78 is 39.3. The first kappa shape index (κ1) is 9.87. The molecule has 0 rings (SSSR count). The topological polar surface area (TPSA) is 0 Å². The summed E-state index contributed by atoms with van der Waals surface area (Å²) in [7, 11) is 0. The minimum absolute atomic E-state index is 0.250. The van der Waals surface area contributed by atoms with Crippen molar-refractivity contribution in [1.29, 1.82) is 0 Å². The zero-order chi connectivity index (χ0) is 6.28. The fourth-order valence-electron chi connectivity index (χ4n) is 0. The summed E-state index contributed by atoms with van der Waals surface area (Å²) >= 11 is 0. The van der Waals surface area contributed by atoms with Crippen molar-refractivity contribution in [2.45, 2.75) is 13.6 Å². The molecule has 0 N–H and O–H groups in total. The van der Waals surface area contributed by atoms with Gasteiger partial charge in [0, 0.05) is 0 Å². The Morgan fingerprint density at radius 3 is 1.29 bits per heavy atom. The molecule has 0 aliphatic carbocycles. The maximum absolute atomic E-state index is 10.3. The first-order valence-corrected chi connectivity index (χ1v) is 1.63. The molecule has 0 spiro atoms. The molecule has 46 valence electrons. The Balaban J connectivity index is 0. The largest absolute Gasteiger partial charge is 0.379 e. The molecule has 0 unspecified atom stereocenters. The van der Waals surface area contributed by atoms with Crippen LogP contribution in [0.3, 0.4) is 0 Å². The SMILES string of the molecule is CCF.FC(F)F. The standard InChI is InChI=1S/C2H5F.CHF3/c1-2-3;2-1(3)4/h2H2,1H3;1H. The molecule has 0 aromatic carbocycles. The minimum atomic E-state index is -3.67.